The number of carbonyl (C=O) groups is 1. The highest BCUT2D eigenvalue weighted by atomic mass is 16.5. The van der Waals surface area contributed by atoms with Crippen molar-refractivity contribution in [1.82, 2.24) is 10.2 Å². The first-order chi connectivity index (χ1) is 10.1. The number of benzene rings is 1. The van der Waals surface area contributed by atoms with Crippen LogP contribution in [0.1, 0.15) is 17.5 Å². The Morgan fingerprint density at radius 3 is 2.67 bits per heavy atom. The van der Waals surface area contributed by atoms with E-state index in [9.17, 15) is 4.79 Å². The monoisotopic (exact) mass is 288 g/mol. The molecule has 1 aromatic rings. The summed E-state index contributed by atoms with van der Waals surface area (Å²) >= 11 is 0. The number of fused-ring (bicyclic) bond motifs is 1. The number of nitrogens with one attached hydrogen (secondary N) is 1. The number of carbonyl (C=O) groups excluding carboxylic acids is 1. The van der Waals surface area contributed by atoms with E-state index in [2.05, 4.69) is 18.3 Å². The van der Waals surface area contributed by atoms with Crippen molar-refractivity contribution < 1.29 is 9.53 Å². The lowest BCUT2D eigenvalue weighted by molar-refractivity contribution is -0.130. The van der Waals surface area contributed by atoms with Gasteiger partial charge in [-0.3, -0.25) is 4.79 Å². The van der Waals surface area contributed by atoms with Crippen molar-refractivity contribution >= 4 is 5.91 Å². The normalized spacial score (nSPS) is 24.2. The Kier molecular flexibility index (Phi) is 4.15. The molecule has 0 aromatic heterocycles. The molecule has 2 saturated heterocycles. The molecule has 114 valence electrons. The topological polar surface area (TPSA) is 41.6 Å². The highest BCUT2D eigenvalue weighted by molar-refractivity contribution is 5.76. The molecule has 4 nitrogen and oxygen atoms in total. The minimum absolute atomic E-state index is 0.231. The lowest BCUT2D eigenvalue weighted by Gasteiger charge is -2.18. The smallest absolute Gasteiger partial charge is 0.226 e. The zero-order chi connectivity index (χ0) is 14.8. The Morgan fingerprint density at radius 1 is 1.29 bits per heavy atom. The van der Waals surface area contributed by atoms with Crippen LogP contribution in [0.25, 0.3) is 0 Å². The fourth-order valence-electron chi connectivity index (χ4n) is 3.43. The Balaban J connectivity index is 1.46. The molecule has 0 saturated carbocycles. The number of rotatable bonds is 4. The van der Waals surface area contributed by atoms with Crippen molar-refractivity contribution in [1.29, 1.82) is 0 Å². The molecule has 0 unspecified atom stereocenters. The zero-order valence-corrected chi connectivity index (χ0v) is 12.9. The average molecular weight is 288 g/mol. The predicted molar refractivity (Wildman–Crippen MR) is 82.5 cm³/mol. The minimum atomic E-state index is 0.231. The van der Waals surface area contributed by atoms with Gasteiger partial charge in [0.25, 0.3) is 0 Å². The molecule has 0 aliphatic carbocycles. The molecule has 21 heavy (non-hydrogen) atoms. The summed E-state index contributed by atoms with van der Waals surface area (Å²) in [6.07, 6.45) is 0.472. The summed E-state index contributed by atoms with van der Waals surface area (Å²) in [5.74, 6) is 2.44. The third kappa shape index (κ3) is 3.21. The summed E-state index contributed by atoms with van der Waals surface area (Å²) in [6.45, 7) is 8.53. The maximum atomic E-state index is 12.2. The highest BCUT2D eigenvalue weighted by Crippen LogP contribution is 2.26. The van der Waals surface area contributed by atoms with E-state index in [1.807, 2.05) is 24.0 Å². The molecule has 2 aliphatic heterocycles. The van der Waals surface area contributed by atoms with Crippen molar-refractivity contribution in [2.24, 2.45) is 11.8 Å². The van der Waals surface area contributed by atoms with Crippen molar-refractivity contribution in [3.8, 4) is 5.75 Å². The van der Waals surface area contributed by atoms with Crippen molar-refractivity contribution in [2.45, 2.75) is 20.3 Å². The van der Waals surface area contributed by atoms with Crippen LogP contribution in [0, 0.1) is 25.7 Å². The molecule has 0 spiro atoms. The van der Waals surface area contributed by atoms with Crippen LogP contribution in [0.4, 0.5) is 0 Å². The van der Waals surface area contributed by atoms with E-state index >= 15 is 0 Å². The van der Waals surface area contributed by atoms with Gasteiger partial charge in [0.2, 0.25) is 5.91 Å². The van der Waals surface area contributed by atoms with Gasteiger partial charge in [-0.15, -0.1) is 0 Å². The molecule has 3 rings (SSSR count). The Labute approximate surface area is 126 Å². The Hall–Kier alpha value is -1.55. The van der Waals surface area contributed by atoms with Crippen molar-refractivity contribution in [3.05, 3.63) is 29.3 Å². The number of aryl methyl sites for hydroxylation is 2. The second-order valence-electron chi connectivity index (χ2n) is 6.34. The van der Waals surface area contributed by atoms with Crippen LogP contribution in [0.3, 0.4) is 0 Å². The van der Waals surface area contributed by atoms with Crippen LogP contribution in [0.2, 0.25) is 0 Å². The van der Waals surface area contributed by atoms with E-state index in [1.54, 1.807) is 0 Å². The minimum Gasteiger partial charge on any atom is -0.493 e. The molecule has 2 aliphatic rings. The second kappa shape index (κ2) is 6.06. The van der Waals surface area contributed by atoms with Crippen LogP contribution >= 0.6 is 0 Å². The van der Waals surface area contributed by atoms with Crippen LogP contribution in [-0.2, 0) is 4.79 Å². The summed E-state index contributed by atoms with van der Waals surface area (Å²) in [5.41, 5.74) is 2.36. The number of likely N-dealkylation sites (tertiary alicyclic amines) is 1. The van der Waals surface area contributed by atoms with Crippen molar-refractivity contribution in [2.75, 3.05) is 32.8 Å². The second-order valence-corrected chi connectivity index (χ2v) is 6.34. The molecule has 0 radical (unpaired) electrons. The first-order valence-corrected chi connectivity index (χ1v) is 7.82. The Bertz CT molecular complexity index is 518. The molecule has 1 amide bonds. The maximum Gasteiger partial charge on any atom is 0.226 e. The van der Waals surface area contributed by atoms with Gasteiger partial charge in [0, 0.05) is 26.2 Å². The van der Waals surface area contributed by atoms with Gasteiger partial charge in [-0.1, -0.05) is 17.7 Å². The third-order valence-electron chi connectivity index (χ3n) is 4.65. The number of ether oxygens (including phenoxy) is 1. The molecule has 1 N–H and O–H groups in total. The molecular formula is C17H24N2O2. The fourth-order valence-corrected chi connectivity index (χ4v) is 3.43. The molecule has 0 bridgehead atoms. The molecule has 2 fully saturated rings. The van der Waals surface area contributed by atoms with E-state index in [1.165, 1.54) is 5.56 Å². The summed E-state index contributed by atoms with van der Waals surface area (Å²) in [6, 6.07) is 6.13. The van der Waals surface area contributed by atoms with Gasteiger partial charge in [0.1, 0.15) is 5.75 Å². The maximum absolute atomic E-state index is 12.2. The lowest BCUT2D eigenvalue weighted by atomic mass is 10.0. The summed E-state index contributed by atoms with van der Waals surface area (Å²) in [5, 5.41) is 3.40. The summed E-state index contributed by atoms with van der Waals surface area (Å²) in [7, 11) is 0. The molecule has 4 heteroatoms. The van der Waals surface area contributed by atoms with Gasteiger partial charge in [-0.05, 0) is 37.3 Å². The van der Waals surface area contributed by atoms with Crippen LogP contribution in [0.15, 0.2) is 18.2 Å². The zero-order valence-electron chi connectivity index (χ0n) is 12.9. The molecule has 2 heterocycles. The van der Waals surface area contributed by atoms with Crippen LogP contribution in [0.5, 0.6) is 5.75 Å². The Morgan fingerprint density at radius 2 is 2.00 bits per heavy atom. The van der Waals surface area contributed by atoms with Crippen molar-refractivity contribution in [3.63, 3.8) is 0 Å². The number of amides is 1. The van der Waals surface area contributed by atoms with E-state index in [-0.39, 0.29) is 5.91 Å². The quantitative estimate of drug-likeness (QED) is 0.918. The summed E-state index contributed by atoms with van der Waals surface area (Å²) in [4.78, 5) is 14.2. The van der Waals surface area contributed by atoms with E-state index < -0.39 is 0 Å². The predicted octanol–water partition coefficient (Wildman–Crippen LogP) is 1.75. The highest BCUT2D eigenvalue weighted by Gasteiger charge is 2.37. The molecule has 2 atom stereocenters. The fraction of sp³-hybridized carbons (Fsp3) is 0.588. The van der Waals surface area contributed by atoms with Gasteiger partial charge < -0.3 is 15.0 Å². The van der Waals surface area contributed by atoms with E-state index in [0.717, 1.165) is 37.5 Å². The average Bonchev–Trinajstić information content (AvgIpc) is 3.02. The largest absolute Gasteiger partial charge is 0.493 e. The molecular weight excluding hydrogens is 264 g/mol. The van der Waals surface area contributed by atoms with Gasteiger partial charge >= 0.3 is 0 Å². The van der Waals surface area contributed by atoms with Gasteiger partial charge in [0.05, 0.1) is 13.0 Å². The standard InChI is InChI=1S/C17H24N2O2/c1-12-3-4-16(13(2)7-12)21-6-5-17(20)19-10-14-8-18-9-15(14)11-19/h3-4,7,14-15,18H,5-6,8-11H2,1-2H3/t14-,15+. The van der Waals surface area contributed by atoms with E-state index in [4.69, 9.17) is 4.74 Å². The van der Waals surface area contributed by atoms with Crippen LogP contribution < -0.4 is 10.1 Å². The van der Waals surface area contributed by atoms with Gasteiger partial charge in [-0.2, -0.15) is 0 Å². The number of hydrogen-bond donors (Lipinski definition) is 1. The number of hydrogen-bond acceptors (Lipinski definition) is 3. The van der Waals surface area contributed by atoms with Gasteiger partial charge in [-0.25, -0.2) is 0 Å². The lowest BCUT2D eigenvalue weighted by Crippen LogP contribution is -2.32. The summed E-state index contributed by atoms with van der Waals surface area (Å²) < 4.78 is 5.76. The van der Waals surface area contributed by atoms with Gasteiger partial charge in [0.15, 0.2) is 0 Å². The molecule has 1 aromatic carbocycles. The first-order valence-electron chi connectivity index (χ1n) is 7.82. The van der Waals surface area contributed by atoms with Crippen LogP contribution in [-0.4, -0.2) is 43.6 Å². The first kappa shape index (κ1) is 14.4. The van der Waals surface area contributed by atoms with E-state index in [0.29, 0.717) is 24.9 Å². The number of nitrogens with zero attached hydrogens (tertiary/aromatic N) is 1. The SMILES string of the molecule is Cc1ccc(OCCC(=O)N2C[C@H]3CNC[C@H]3C2)c(C)c1. The third-order valence-corrected chi connectivity index (χ3v) is 4.65.